The van der Waals surface area contributed by atoms with Crippen molar-refractivity contribution in [1.82, 2.24) is 16.0 Å². The first-order valence-electron chi connectivity index (χ1n) is 7.97. The van der Waals surface area contributed by atoms with Crippen LogP contribution in [0.3, 0.4) is 0 Å². The highest BCUT2D eigenvalue weighted by Gasteiger charge is 2.42. The lowest BCUT2D eigenvalue weighted by molar-refractivity contribution is -0.121. The van der Waals surface area contributed by atoms with Crippen LogP contribution in [0.15, 0.2) is 0 Å². The largest absolute Gasteiger partial charge is 0.396 e. The Morgan fingerprint density at radius 3 is 2.91 bits per heavy atom. The fourth-order valence-electron chi connectivity index (χ4n) is 2.76. The van der Waals surface area contributed by atoms with Crippen molar-refractivity contribution in [1.29, 1.82) is 0 Å². The molecule has 0 saturated carbocycles. The third-order valence-corrected chi connectivity index (χ3v) is 5.78. The van der Waals surface area contributed by atoms with Gasteiger partial charge in [0.15, 0.2) is 0 Å². The van der Waals surface area contributed by atoms with Gasteiger partial charge in [-0.2, -0.15) is 11.8 Å². The lowest BCUT2D eigenvalue weighted by Gasteiger charge is -2.21. The van der Waals surface area contributed by atoms with Gasteiger partial charge in [0.1, 0.15) is 0 Å². The summed E-state index contributed by atoms with van der Waals surface area (Å²) in [4.78, 5) is 23.1. The van der Waals surface area contributed by atoms with Crippen LogP contribution in [-0.2, 0) is 4.79 Å². The molecule has 0 aromatic carbocycles. The molecule has 4 N–H and O–H groups in total. The molecule has 6 nitrogen and oxygen atoms in total. The minimum absolute atomic E-state index is 0.0498. The lowest BCUT2D eigenvalue weighted by Crippen LogP contribution is -2.37. The number of nitrogens with one attached hydrogen (secondary N) is 3. The van der Waals surface area contributed by atoms with Crippen LogP contribution in [0.2, 0.25) is 0 Å². The Morgan fingerprint density at radius 1 is 1.41 bits per heavy atom. The summed E-state index contributed by atoms with van der Waals surface area (Å²) in [5.74, 6) is 1.03. The van der Waals surface area contributed by atoms with Gasteiger partial charge < -0.3 is 21.1 Å². The predicted octanol–water partition coefficient (Wildman–Crippen LogP) is 0.847. The minimum Gasteiger partial charge on any atom is -0.396 e. The van der Waals surface area contributed by atoms with Gasteiger partial charge in [-0.05, 0) is 12.8 Å². The van der Waals surface area contributed by atoms with Crippen molar-refractivity contribution < 1.29 is 14.7 Å². The summed E-state index contributed by atoms with van der Waals surface area (Å²) in [5, 5.41) is 18.4. The van der Waals surface area contributed by atoms with Crippen LogP contribution in [0, 0.1) is 5.41 Å². The highest BCUT2D eigenvalue weighted by molar-refractivity contribution is 8.00. The Bertz CT molecular complexity index is 417. The fraction of sp³-hybridized carbons (Fsp3) is 0.867. The third-order valence-electron chi connectivity index (χ3n) is 4.27. The molecule has 126 valence electrons. The number of fused-ring (bicyclic) bond motifs is 1. The van der Waals surface area contributed by atoms with Gasteiger partial charge in [-0.15, -0.1) is 0 Å². The van der Waals surface area contributed by atoms with Crippen molar-refractivity contribution in [2.24, 2.45) is 5.41 Å². The molecule has 2 fully saturated rings. The average Bonchev–Trinajstić information content (AvgIpc) is 3.01. The SMILES string of the molecule is CC(C)(CO)CNC(=O)CCCC[C@@H]1SC[C@@H]2NC(=O)N[C@@H]21. The molecule has 2 aliphatic heterocycles. The number of unbranched alkanes of at least 4 members (excludes halogenated alkanes) is 1. The first-order chi connectivity index (χ1) is 10.4. The second-order valence-corrected chi connectivity index (χ2v) is 8.24. The van der Waals surface area contributed by atoms with E-state index in [4.69, 9.17) is 5.11 Å². The first kappa shape index (κ1) is 17.4. The van der Waals surface area contributed by atoms with Gasteiger partial charge in [-0.3, -0.25) is 4.79 Å². The standard InChI is InChI=1S/C15H27N3O3S/c1-15(2,9-19)8-16-12(20)6-4-3-5-11-13-10(7-22-11)17-14(21)18-13/h10-11,13,19H,3-9H2,1-2H3,(H,16,20)(H2,17,18,21)/t10-,11-,13-/m0/s1. The maximum Gasteiger partial charge on any atom is 0.315 e. The number of carbonyl (C=O) groups excluding carboxylic acids is 2. The van der Waals surface area contributed by atoms with Crippen LogP contribution < -0.4 is 16.0 Å². The summed E-state index contributed by atoms with van der Waals surface area (Å²) in [7, 11) is 0. The molecular formula is C15H27N3O3S. The summed E-state index contributed by atoms with van der Waals surface area (Å²) in [5.41, 5.74) is -0.265. The zero-order chi connectivity index (χ0) is 16.2. The van der Waals surface area contributed by atoms with Gasteiger partial charge in [0.05, 0.1) is 12.1 Å². The van der Waals surface area contributed by atoms with Crippen LogP contribution in [0.5, 0.6) is 0 Å². The monoisotopic (exact) mass is 329 g/mol. The molecule has 0 unspecified atom stereocenters. The smallest absolute Gasteiger partial charge is 0.315 e. The number of amides is 3. The van der Waals surface area contributed by atoms with E-state index in [1.165, 1.54) is 0 Å². The molecule has 3 amide bonds. The highest BCUT2D eigenvalue weighted by Crippen LogP contribution is 2.33. The van der Waals surface area contributed by atoms with Crippen molar-refractivity contribution in [3.05, 3.63) is 0 Å². The molecule has 2 heterocycles. The van der Waals surface area contributed by atoms with E-state index in [0.717, 1.165) is 25.0 Å². The van der Waals surface area contributed by atoms with E-state index < -0.39 is 0 Å². The normalized spacial score (nSPS) is 27.2. The summed E-state index contributed by atoms with van der Waals surface area (Å²) in [6, 6.07) is 0.467. The maximum absolute atomic E-state index is 11.8. The number of hydrogen-bond acceptors (Lipinski definition) is 4. The van der Waals surface area contributed by atoms with Crippen LogP contribution in [0.4, 0.5) is 4.79 Å². The van der Waals surface area contributed by atoms with Gasteiger partial charge >= 0.3 is 6.03 Å². The third kappa shape index (κ3) is 4.78. The van der Waals surface area contributed by atoms with Gasteiger partial charge in [0.25, 0.3) is 0 Å². The zero-order valence-corrected chi connectivity index (χ0v) is 14.2. The second kappa shape index (κ2) is 7.55. The number of aliphatic hydroxyl groups is 1. The van der Waals surface area contributed by atoms with E-state index in [2.05, 4.69) is 16.0 Å². The van der Waals surface area contributed by atoms with Gasteiger partial charge in [0, 0.05) is 36.0 Å². The molecule has 0 spiro atoms. The number of urea groups is 1. The summed E-state index contributed by atoms with van der Waals surface area (Å²) >= 11 is 1.91. The summed E-state index contributed by atoms with van der Waals surface area (Å²) < 4.78 is 0. The van der Waals surface area contributed by atoms with E-state index in [1.54, 1.807) is 0 Å². The number of carbonyl (C=O) groups is 2. The molecule has 2 aliphatic rings. The van der Waals surface area contributed by atoms with Crippen LogP contribution in [0.25, 0.3) is 0 Å². The summed E-state index contributed by atoms with van der Waals surface area (Å²) in [6.45, 7) is 4.41. The average molecular weight is 329 g/mol. The van der Waals surface area contributed by atoms with Crippen molar-refractivity contribution in [3.63, 3.8) is 0 Å². The maximum atomic E-state index is 11.8. The Morgan fingerprint density at radius 2 is 2.18 bits per heavy atom. The molecule has 22 heavy (non-hydrogen) atoms. The number of rotatable bonds is 8. The Kier molecular flexibility index (Phi) is 5.97. The molecule has 0 radical (unpaired) electrons. The quantitative estimate of drug-likeness (QED) is 0.392. The van der Waals surface area contributed by atoms with E-state index in [-0.39, 0.29) is 36.0 Å². The predicted molar refractivity (Wildman–Crippen MR) is 87.8 cm³/mol. The molecule has 0 aliphatic carbocycles. The Hall–Kier alpha value is -0.950. The van der Waals surface area contributed by atoms with E-state index in [9.17, 15) is 9.59 Å². The number of aliphatic hydroxyl groups excluding tert-OH is 1. The zero-order valence-electron chi connectivity index (χ0n) is 13.4. The molecule has 2 rings (SSSR count). The van der Waals surface area contributed by atoms with Crippen LogP contribution >= 0.6 is 11.8 Å². The Labute approximate surface area is 136 Å². The van der Waals surface area contributed by atoms with Crippen LogP contribution in [-0.4, -0.2) is 53.3 Å². The molecular weight excluding hydrogens is 302 g/mol. The lowest BCUT2D eigenvalue weighted by atomic mass is 9.95. The van der Waals surface area contributed by atoms with Gasteiger partial charge in [-0.25, -0.2) is 4.79 Å². The number of hydrogen-bond donors (Lipinski definition) is 4. The van der Waals surface area contributed by atoms with Crippen molar-refractivity contribution in [3.8, 4) is 0 Å². The van der Waals surface area contributed by atoms with Crippen molar-refractivity contribution in [2.45, 2.75) is 56.9 Å². The first-order valence-corrected chi connectivity index (χ1v) is 9.02. The van der Waals surface area contributed by atoms with Gasteiger partial charge in [-0.1, -0.05) is 20.3 Å². The molecule has 7 heteroatoms. The van der Waals surface area contributed by atoms with Crippen molar-refractivity contribution in [2.75, 3.05) is 18.9 Å². The molecule has 3 atom stereocenters. The van der Waals surface area contributed by atoms with Crippen molar-refractivity contribution >= 4 is 23.7 Å². The van der Waals surface area contributed by atoms with Crippen LogP contribution in [0.1, 0.15) is 39.5 Å². The molecule has 0 aromatic heterocycles. The number of thioether (sulfide) groups is 1. The molecule has 0 aromatic rings. The molecule has 2 saturated heterocycles. The van der Waals surface area contributed by atoms with E-state index in [0.29, 0.717) is 18.2 Å². The second-order valence-electron chi connectivity index (χ2n) is 6.97. The highest BCUT2D eigenvalue weighted by atomic mass is 32.2. The van der Waals surface area contributed by atoms with Gasteiger partial charge in [0.2, 0.25) is 5.91 Å². The Balaban J connectivity index is 1.58. The molecule has 0 bridgehead atoms. The fourth-order valence-corrected chi connectivity index (χ4v) is 4.30. The van der Waals surface area contributed by atoms with E-state index in [1.807, 2.05) is 25.6 Å². The van der Waals surface area contributed by atoms with E-state index >= 15 is 0 Å². The minimum atomic E-state index is -0.265. The summed E-state index contributed by atoms with van der Waals surface area (Å²) in [6.07, 6.45) is 3.41. The topological polar surface area (TPSA) is 90.5 Å².